The van der Waals surface area contributed by atoms with Crippen LogP contribution in [0.25, 0.3) is 10.9 Å². The first kappa shape index (κ1) is 23.8. The monoisotopic (exact) mass is 489 g/mol. The lowest BCUT2D eigenvalue weighted by atomic mass is 10.2. The molecule has 3 aromatic carbocycles. The lowest BCUT2D eigenvalue weighted by Crippen LogP contribution is -2.34. The summed E-state index contributed by atoms with van der Waals surface area (Å²) in [5, 5.41) is 6.61. The molecule has 8 nitrogen and oxygen atoms in total. The van der Waals surface area contributed by atoms with Gasteiger partial charge in [0.25, 0.3) is 5.91 Å². The topological polar surface area (TPSA) is 90.9 Å². The molecule has 0 saturated carbocycles. The molecule has 0 aliphatic rings. The van der Waals surface area contributed by atoms with Gasteiger partial charge >= 0.3 is 0 Å². The Labute approximate surface area is 207 Å². The van der Waals surface area contributed by atoms with Crippen molar-refractivity contribution < 1.29 is 23.7 Å². The number of methoxy groups -OCH3 is 3. The van der Waals surface area contributed by atoms with E-state index in [1.807, 2.05) is 6.07 Å². The quantitative estimate of drug-likeness (QED) is 0.343. The van der Waals surface area contributed by atoms with E-state index in [4.69, 9.17) is 31.2 Å². The molecule has 0 unspecified atom stereocenters. The Morgan fingerprint density at radius 2 is 1.57 bits per heavy atom. The molecule has 0 fully saturated rings. The summed E-state index contributed by atoms with van der Waals surface area (Å²) < 4.78 is 22.0. The molecule has 1 heterocycles. The third-order valence-corrected chi connectivity index (χ3v) is 5.31. The van der Waals surface area contributed by atoms with E-state index in [0.717, 1.165) is 10.9 Å². The maximum absolute atomic E-state index is 12.4. The Balaban J connectivity index is 1.43. The highest BCUT2D eigenvalue weighted by molar-refractivity contribution is 7.80. The van der Waals surface area contributed by atoms with E-state index in [1.165, 1.54) is 0 Å². The Morgan fingerprint density at radius 1 is 0.829 bits per heavy atom. The number of thiocarbonyl (C=S) groups is 1. The SMILES string of the molecule is COc1cccc(C(=O)NC(=S)Nc2ccc(Oc3ccnc4cc(OC)c(OC)cc34)cc2)c1. The number of anilines is 1. The van der Waals surface area contributed by atoms with Gasteiger partial charge in [-0.2, -0.15) is 0 Å². The minimum Gasteiger partial charge on any atom is -0.497 e. The average Bonchev–Trinajstić information content (AvgIpc) is 2.89. The zero-order valence-corrected chi connectivity index (χ0v) is 20.1. The number of nitrogens with zero attached hydrogens (tertiary/aromatic N) is 1. The van der Waals surface area contributed by atoms with Crippen molar-refractivity contribution in [1.29, 1.82) is 0 Å². The number of fused-ring (bicyclic) bond motifs is 1. The predicted molar refractivity (Wildman–Crippen MR) is 138 cm³/mol. The van der Waals surface area contributed by atoms with Gasteiger partial charge in [-0.1, -0.05) is 6.07 Å². The number of carbonyl (C=O) groups is 1. The molecule has 4 aromatic rings. The van der Waals surface area contributed by atoms with Gasteiger partial charge in [0.1, 0.15) is 17.2 Å². The van der Waals surface area contributed by atoms with Crippen molar-refractivity contribution in [2.75, 3.05) is 26.6 Å². The number of hydrogen-bond acceptors (Lipinski definition) is 7. The van der Waals surface area contributed by atoms with Crippen LogP contribution in [0.3, 0.4) is 0 Å². The Hall–Kier alpha value is -4.37. The fourth-order valence-corrected chi connectivity index (χ4v) is 3.58. The van der Waals surface area contributed by atoms with Crippen molar-refractivity contribution in [3.63, 3.8) is 0 Å². The summed E-state index contributed by atoms with van der Waals surface area (Å²) in [7, 11) is 4.70. The normalized spacial score (nSPS) is 10.4. The molecular weight excluding hydrogens is 466 g/mol. The molecule has 35 heavy (non-hydrogen) atoms. The van der Waals surface area contributed by atoms with Crippen LogP contribution < -0.4 is 29.6 Å². The van der Waals surface area contributed by atoms with E-state index in [1.54, 1.807) is 88.2 Å². The summed E-state index contributed by atoms with van der Waals surface area (Å²) in [5.41, 5.74) is 1.85. The first-order chi connectivity index (χ1) is 17.0. The molecule has 178 valence electrons. The largest absolute Gasteiger partial charge is 0.497 e. The standard InChI is InChI=1S/C26H23N3O5S/c1-31-19-6-4-5-16(13-19)25(30)29-26(35)28-17-7-9-18(10-8-17)34-22-11-12-27-21-15-24(33-3)23(32-2)14-20(21)22/h4-15H,1-3H3,(H2,28,29,30,35). The number of nitrogens with one attached hydrogen (secondary N) is 2. The van der Waals surface area contributed by atoms with E-state index >= 15 is 0 Å². The van der Waals surface area contributed by atoms with Gasteiger partial charge in [-0.15, -0.1) is 0 Å². The van der Waals surface area contributed by atoms with Gasteiger partial charge in [-0.25, -0.2) is 0 Å². The van der Waals surface area contributed by atoms with Crippen LogP contribution in [0.5, 0.6) is 28.7 Å². The summed E-state index contributed by atoms with van der Waals surface area (Å²) in [6.07, 6.45) is 1.67. The summed E-state index contributed by atoms with van der Waals surface area (Å²) in [5.74, 6) is 2.67. The smallest absolute Gasteiger partial charge is 0.257 e. The van der Waals surface area contributed by atoms with Crippen molar-refractivity contribution in [3.8, 4) is 28.7 Å². The fraction of sp³-hybridized carbons (Fsp3) is 0.115. The van der Waals surface area contributed by atoms with Crippen LogP contribution in [0.15, 0.2) is 72.9 Å². The molecule has 0 bridgehead atoms. The number of hydrogen-bond donors (Lipinski definition) is 2. The first-order valence-electron chi connectivity index (χ1n) is 10.6. The van der Waals surface area contributed by atoms with E-state index in [0.29, 0.717) is 40.0 Å². The van der Waals surface area contributed by atoms with Crippen LogP contribution in [-0.2, 0) is 0 Å². The summed E-state index contributed by atoms with van der Waals surface area (Å²) in [4.78, 5) is 16.8. The van der Waals surface area contributed by atoms with E-state index in [9.17, 15) is 4.79 Å². The minimum absolute atomic E-state index is 0.174. The molecule has 0 atom stereocenters. The van der Waals surface area contributed by atoms with Crippen LogP contribution in [0.1, 0.15) is 10.4 Å². The molecule has 1 amide bonds. The molecule has 0 saturated heterocycles. The van der Waals surface area contributed by atoms with E-state index in [-0.39, 0.29) is 11.0 Å². The number of carbonyl (C=O) groups excluding carboxylic acids is 1. The van der Waals surface area contributed by atoms with Gasteiger partial charge in [0, 0.05) is 28.9 Å². The van der Waals surface area contributed by atoms with Crippen molar-refractivity contribution in [3.05, 3.63) is 78.5 Å². The van der Waals surface area contributed by atoms with E-state index in [2.05, 4.69) is 15.6 Å². The second-order valence-electron chi connectivity index (χ2n) is 7.30. The molecule has 1 aromatic heterocycles. The number of rotatable bonds is 7. The van der Waals surface area contributed by atoms with Gasteiger partial charge in [-0.05, 0) is 66.8 Å². The highest BCUT2D eigenvalue weighted by Gasteiger charge is 2.12. The number of pyridine rings is 1. The fourth-order valence-electron chi connectivity index (χ4n) is 3.37. The van der Waals surface area contributed by atoms with Gasteiger partial charge in [0.05, 0.1) is 26.8 Å². The molecule has 2 N–H and O–H groups in total. The third kappa shape index (κ3) is 5.59. The highest BCUT2D eigenvalue weighted by atomic mass is 32.1. The van der Waals surface area contributed by atoms with Crippen LogP contribution in [0.4, 0.5) is 5.69 Å². The summed E-state index contributed by atoms with van der Waals surface area (Å²) in [6.45, 7) is 0. The third-order valence-electron chi connectivity index (χ3n) is 5.11. The van der Waals surface area contributed by atoms with Crippen LogP contribution in [-0.4, -0.2) is 37.3 Å². The predicted octanol–water partition coefficient (Wildman–Crippen LogP) is 5.18. The maximum Gasteiger partial charge on any atom is 0.257 e. The zero-order valence-electron chi connectivity index (χ0n) is 19.3. The van der Waals surface area contributed by atoms with E-state index < -0.39 is 0 Å². The average molecular weight is 490 g/mol. The van der Waals surface area contributed by atoms with Gasteiger partial charge in [0.2, 0.25) is 0 Å². The molecule has 0 aliphatic heterocycles. The number of amides is 1. The highest BCUT2D eigenvalue weighted by Crippen LogP contribution is 2.37. The molecule has 9 heteroatoms. The van der Waals surface area contributed by atoms with Crippen molar-refractivity contribution in [2.24, 2.45) is 0 Å². The van der Waals surface area contributed by atoms with Crippen LogP contribution >= 0.6 is 12.2 Å². The Bertz CT molecular complexity index is 1380. The summed E-state index contributed by atoms with van der Waals surface area (Å²) >= 11 is 5.27. The molecule has 4 rings (SSSR count). The van der Waals surface area contributed by atoms with Crippen molar-refractivity contribution in [2.45, 2.75) is 0 Å². The molecule has 0 spiro atoms. The van der Waals surface area contributed by atoms with Gasteiger partial charge in [-0.3, -0.25) is 15.1 Å². The van der Waals surface area contributed by atoms with Gasteiger partial charge < -0.3 is 24.3 Å². The first-order valence-corrected chi connectivity index (χ1v) is 11.0. The Morgan fingerprint density at radius 3 is 2.29 bits per heavy atom. The van der Waals surface area contributed by atoms with Crippen LogP contribution in [0, 0.1) is 0 Å². The zero-order chi connectivity index (χ0) is 24.8. The number of benzene rings is 3. The minimum atomic E-state index is -0.335. The second-order valence-corrected chi connectivity index (χ2v) is 7.71. The van der Waals surface area contributed by atoms with Crippen molar-refractivity contribution in [1.82, 2.24) is 10.3 Å². The number of ether oxygens (including phenoxy) is 4. The summed E-state index contributed by atoms with van der Waals surface area (Å²) in [6, 6.07) is 19.4. The lowest BCUT2D eigenvalue weighted by molar-refractivity contribution is 0.0977. The lowest BCUT2D eigenvalue weighted by Gasteiger charge is -2.13. The van der Waals surface area contributed by atoms with Gasteiger partial charge in [0.15, 0.2) is 16.6 Å². The Kier molecular flexibility index (Phi) is 7.27. The molecule has 0 aliphatic carbocycles. The second kappa shape index (κ2) is 10.7. The number of aromatic nitrogens is 1. The molecular formula is C26H23N3O5S. The van der Waals surface area contributed by atoms with Crippen molar-refractivity contribution >= 4 is 39.8 Å². The molecule has 0 radical (unpaired) electrons. The maximum atomic E-state index is 12.4. The van der Waals surface area contributed by atoms with Crippen LogP contribution in [0.2, 0.25) is 0 Å².